The minimum absolute atomic E-state index is 0.00772. The van der Waals surface area contributed by atoms with E-state index in [2.05, 4.69) is 16.5 Å². The topological polar surface area (TPSA) is 294 Å². The maximum atomic E-state index is 14.7. The Morgan fingerprint density at radius 1 is 0.940 bits per heavy atom. The lowest BCUT2D eigenvalue weighted by atomic mass is 9.73. The zero-order valence-corrected chi connectivity index (χ0v) is 51.3. The minimum atomic E-state index is -2.03. The monoisotopic (exact) mass is 1180 g/mol. The molecule has 0 saturated carbocycles. The van der Waals surface area contributed by atoms with Gasteiger partial charge in [-0.2, -0.15) is 0 Å². The minimum Gasteiger partial charge on any atom is -0.477 e. The van der Waals surface area contributed by atoms with Crippen LogP contribution in [0, 0.1) is 23.7 Å². The summed E-state index contributed by atoms with van der Waals surface area (Å²) in [6, 6.07) is 3.51. The molecule has 4 aliphatic rings. The lowest BCUT2D eigenvalue weighted by Crippen LogP contribution is -2.61. The van der Waals surface area contributed by atoms with Gasteiger partial charge in [0.1, 0.15) is 29.0 Å². The Bertz CT molecular complexity index is 2580. The van der Waals surface area contributed by atoms with Crippen molar-refractivity contribution in [2.75, 3.05) is 61.4 Å². The Labute approximate surface area is 488 Å². The lowest BCUT2D eigenvalue weighted by Gasteiger charge is -2.49. The quantitative estimate of drug-likeness (QED) is 0.0414. The van der Waals surface area contributed by atoms with E-state index in [-0.39, 0.29) is 62.5 Å². The molecule has 0 unspecified atom stereocenters. The number of esters is 2. The fourth-order valence-corrected chi connectivity index (χ4v) is 12.9. The highest BCUT2D eigenvalue weighted by Gasteiger charge is 2.54. The number of oxime groups is 1. The van der Waals surface area contributed by atoms with Gasteiger partial charge in [0, 0.05) is 69.1 Å². The summed E-state index contributed by atoms with van der Waals surface area (Å²) >= 11 is 0. The van der Waals surface area contributed by atoms with E-state index in [0.717, 1.165) is 29.5 Å². The van der Waals surface area contributed by atoms with Gasteiger partial charge in [0.15, 0.2) is 18.7 Å². The van der Waals surface area contributed by atoms with E-state index in [1.54, 1.807) is 61.5 Å². The molecule has 2 aromatic rings. The number of aliphatic hydroxyl groups excluding tert-OH is 2. The van der Waals surface area contributed by atoms with Gasteiger partial charge in [0.05, 0.1) is 72.9 Å². The summed E-state index contributed by atoms with van der Waals surface area (Å²) in [4.78, 5) is 60.9. The number of carbonyl (C=O) groups excluding carboxylic acids is 2. The number of pyridine rings is 1. The van der Waals surface area contributed by atoms with Crippen LogP contribution in [0.5, 0.6) is 0 Å². The average Bonchev–Trinajstić information content (AvgIpc) is 3.64. The molecule has 83 heavy (non-hydrogen) atoms. The number of aromatic nitrogens is 1. The zero-order valence-electron chi connectivity index (χ0n) is 51.3. The zero-order chi connectivity index (χ0) is 61.3. The molecule has 6 N–H and O–H groups in total. The number of likely N-dealkylation sites (N-methyl/N-ethyl adjacent to an activating group) is 1. The predicted molar refractivity (Wildman–Crippen MR) is 306 cm³/mol. The number of carboxylic acid groups (broad SMARTS) is 1. The number of cyclic esters (lactones) is 1. The predicted octanol–water partition coefficient (Wildman–Crippen LogP) is 4.33. The highest BCUT2D eigenvalue weighted by molar-refractivity contribution is 5.94. The number of methoxy groups -OCH3 is 2. The largest absolute Gasteiger partial charge is 0.477 e. The van der Waals surface area contributed by atoms with E-state index in [1.807, 2.05) is 30.5 Å². The van der Waals surface area contributed by atoms with Crippen molar-refractivity contribution in [3.8, 4) is 0 Å². The third-order valence-corrected chi connectivity index (χ3v) is 17.5. The van der Waals surface area contributed by atoms with Crippen LogP contribution in [0.2, 0.25) is 0 Å². The maximum absolute atomic E-state index is 14.7. The molecule has 1 aromatic carbocycles. The van der Waals surface area contributed by atoms with Gasteiger partial charge < -0.3 is 87.8 Å². The molecule has 0 aliphatic carbocycles. The van der Waals surface area contributed by atoms with E-state index in [9.17, 15) is 44.7 Å². The first-order chi connectivity index (χ1) is 39.1. The van der Waals surface area contributed by atoms with Crippen molar-refractivity contribution in [1.29, 1.82) is 0 Å². The number of nitrogens with zero attached hydrogens (tertiary/aromatic N) is 3. The molecule has 0 spiro atoms. The third kappa shape index (κ3) is 16.3. The molecular formula is C60H96N4O19. The number of hydrogen-bond acceptors (Lipinski definition) is 21. The van der Waals surface area contributed by atoms with Crippen LogP contribution >= 0.6 is 0 Å². The molecule has 3 fully saturated rings. The van der Waals surface area contributed by atoms with E-state index < -0.39 is 119 Å². The van der Waals surface area contributed by atoms with Crippen LogP contribution in [-0.4, -0.2) is 204 Å². The molecule has 0 radical (unpaired) electrons. The molecule has 5 heterocycles. The van der Waals surface area contributed by atoms with E-state index in [0.29, 0.717) is 50.9 Å². The van der Waals surface area contributed by atoms with Gasteiger partial charge in [-0.25, -0.2) is 4.79 Å². The van der Waals surface area contributed by atoms with Gasteiger partial charge in [-0.1, -0.05) is 38.9 Å². The third-order valence-electron chi connectivity index (χ3n) is 17.5. The number of carbonyl (C=O) groups is 3. The lowest BCUT2D eigenvalue weighted by molar-refractivity contribution is -0.318. The molecule has 23 heteroatoms. The van der Waals surface area contributed by atoms with Crippen molar-refractivity contribution < 1.29 is 87.4 Å². The van der Waals surface area contributed by atoms with Crippen molar-refractivity contribution >= 4 is 34.5 Å². The Balaban J connectivity index is 1.21. The van der Waals surface area contributed by atoms with Crippen LogP contribution in [-0.2, 0) is 76.4 Å². The van der Waals surface area contributed by atoms with Gasteiger partial charge in [-0.3, -0.25) is 14.4 Å². The first-order valence-electron chi connectivity index (χ1n) is 29.5. The molecule has 3 saturated heterocycles. The molecule has 0 amide bonds. The van der Waals surface area contributed by atoms with Gasteiger partial charge in [0.2, 0.25) is 12.2 Å². The van der Waals surface area contributed by atoms with E-state index >= 15 is 0 Å². The van der Waals surface area contributed by atoms with E-state index in [1.165, 1.54) is 27.3 Å². The molecule has 4 aliphatic heterocycles. The number of hydrogen-bond donors (Lipinski definition) is 6. The maximum Gasteiger partial charge on any atom is 0.341 e. The van der Waals surface area contributed by atoms with Crippen LogP contribution in [0.1, 0.15) is 136 Å². The number of aryl methyl sites for hydroxylation is 3. The number of ether oxygens (including phenoxy) is 9. The average molecular weight is 1180 g/mol. The summed E-state index contributed by atoms with van der Waals surface area (Å²) in [7, 11) is 6.73. The summed E-state index contributed by atoms with van der Waals surface area (Å²) in [5.74, 6) is -6.21. The highest BCUT2D eigenvalue weighted by atomic mass is 16.7. The van der Waals surface area contributed by atoms with Gasteiger partial charge >= 0.3 is 17.9 Å². The summed E-state index contributed by atoms with van der Waals surface area (Å²) in [6.07, 6.45) is -5.89. The second kappa shape index (κ2) is 29.5. The summed E-state index contributed by atoms with van der Waals surface area (Å²) in [6.45, 7) is 18.7. The molecule has 6 rings (SSSR count). The van der Waals surface area contributed by atoms with Crippen molar-refractivity contribution in [2.24, 2.45) is 28.8 Å². The molecule has 23 nitrogen and oxygen atoms in total. The standard InChI is InChI=1S/C60H96N4O19/c1-15-44-60(10,73)52(68)35(4)47(62-77-32-76-25-24-74-13)33(2)29-58(8,72)53(83-57-50(67)43(63(11)12)26-34(3)78-57)36(5)51(37(6)56(71)80-44)82-46-30-59(9,75-14)54(38(7)79-46)81-45(65)20-22-61-21-16-18-39-27-40-19-17-23-64-31-42(55(69)70)49(66)41(28-39)48(40)64/h27-28,31,33-38,43-44,46,50-54,57,61,67-68,72-73H,15-26,29-30,32H2,1-14H3,(H,69,70)/t33-,34+,35-,36+,37+,38-,43-,44-,46+,50-,51+,52-,53-,54+,57-,58+,59-,60-/m0/s1. The normalized spacial score (nSPS) is 36.2. The van der Waals surface area contributed by atoms with Gasteiger partial charge in [-0.05, 0) is 124 Å². The van der Waals surface area contributed by atoms with Crippen molar-refractivity contribution in [2.45, 2.75) is 218 Å². The molecule has 18 atom stereocenters. The number of aromatic carboxylic acids is 1. The number of carboxylic acids is 1. The van der Waals surface area contributed by atoms with Crippen molar-refractivity contribution in [3.05, 3.63) is 45.2 Å². The van der Waals surface area contributed by atoms with Crippen LogP contribution in [0.3, 0.4) is 0 Å². The first kappa shape index (κ1) is 67.9. The molecule has 0 bridgehead atoms. The number of benzene rings is 1. The van der Waals surface area contributed by atoms with Crippen LogP contribution in [0.4, 0.5) is 0 Å². The Kier molecular flexibility index (Phi) is 24.1. The summed E-state index contributed by atoms with van der Waals surface area (Å²) < 4.78 is 57.5. The van der Waals surface area contributed by atoms with Gasteiger partial charge in [0.25, 0.3) is 0 Å². The van der Waals surface area contributed by atoms with E-state index in [4.69, 9.17) is 47.5 Å². The summed E-state index contributed by atoms with van der Waals surface area (Å²) in [5, 5.41) is 67.0. The SMILES string of the molecule is CC[C@@H]1OC(=O)[C@H](C)[C@H](O[C@@H]2C[C@](C)(OC)[C@H](OC(=O)CCNCCCc3cc4c5c(c3)c(=O)c(C(=O)O)cn5CCC4)[C@H](C)O2)[C@@H](C)[C@H](O[C@@H]2O[C@H](C)C[C@H](N(C)C)[C@@H]2O)[C@](C)(O)C[C@H](C)C(=NOCOCCOC)[C@H](C)[C@H](O)[C@@]1(C)O. The smallest absolute Gasteiger partial charge is 0.341 e. The first-order valence-corrected chi connectivity index (χ1v) is 29.5. The Morgan fingerprint density at radius 3 is 2.33 bits per heavy atom. The second-order valence-electron chi connectivity index (χ2n) is 24.4. The number of aliphatic hydroxyl groups is 4. The number of nitrogens with one attached hydrogen (secondary N) is 1. The fourth-order valence-electron chi connectivity index (χ4n) is 12.9. The van der Waals surface area contributed by atoms with Crippen molar-refractivity contribution in [3.63, 3.8) is 0 Å². The summed E-state index contributed by atoms with van der Waals surface area (Å²) in [5.41, 5.74) is -2.75. The molecule has 1 aromatic heterocycles. The number of rotatable bonds is 22. The fraction of sp³-hybridized carbons (Fsp3) is 0.783. The van der Waals surface area contributed by atoms with Crippen LogP contribution in [0.25, 0.3) is 10.9 Å². The van der Waals surface area contributed by atoms with Crippen molar-refractivity contribution in [1.82, 2.24) is 14.8 Å². The Morgan fingerprint density at radius 2 is 1.66 bits per heavy atom. The van der Waals surface area contributed by atoms with Crippen LogP contribution in [0.15, 0.2) is 28.3 Å². The Hall–Kier alpha value is -4.21. The second-order valence-corrected chi connectivity index (χ2v) is 24.4. The molecular weight excluding hydrogens is 1080 g/mol. The molecule has 470 valence electrons. The van der Waals surface area contributed by atoms with Crippen LogP contribution < -0.4 is 10.7 Å². The van der Waals surface area contributed by atoms with Gasteiger partial charge in [-0.15, -0.1) is 0 Å². The highest BCUT2D eigenvalue weighted by Crippen LogP contribution is 2.42.